The van der Waals surface area contributed by atoms with E-state index in [2.05, 4.69) is 5.32 Å². The second-order valence-corrected chi connectivity index (χ2v) is 7.38. The van der Waals surface area contributed by atoms with Crippen molar-refractivity contribution in [3.05, 3.63) is 59.9 Å². The molecule has 0 heterocycles. The van der Waals surface area contributed by atoms with Gasteiger partial charge in [0.1, 0.15) is 11.6 Å². The summed E-state index contributed by atoms with van der Waals surface area (Å²) >= 11 is 0. The molecule has 0 saturated heterocycles. The molecule has 2 amide bonds. The SMILES string of the molecule is NC(=O)COc1cccc(NC(=O)C2(Cc3cccc(F)c3)CCCCC2)c1. The quantitative estimate of drug-likeness (QED) is 0.761. The summed E-state index contributed by atoms with van der Waals surface area (Å²) in [6, 6.07) is 13.3. The number of nitrogens with two attached hydrogens (primary N) is 1. The standard InChI is InChI=1S/C22H25FN2O3/c23-17-7-4-6-16(12-17)14-22(10-2-1-3-11-22)21(27)25-18-8-5-9-19(13-18)28-15-20(24)26/h4-9,12-13H,1-3,10-11,14-15H2,(H2,24,26)(H,25,27). The van der Waals surface area contributed by atoms with E-state index in [1.807, 2.05) is 6.07 Å². The van der Waals surface area contributed by atoms with Gasteiger partial charge in [-0.15, -0.1) is 0 Å². The van der Waals surface area contributed by atoms with E-state index < -0.39 is 11.3 Å². The highest BCUT2D eigenvalue weighted by Gasteiger charge is 2.39. The van der Waals surface area contributed by atoms with Gasteiger partial charge in [-0.25, -0.2) is 4.39 Å². The van der Waals surface area contributed by atoms with Gasteiger partial charge in [0.25, 0.3) is 5.91 Å². The van der Waals surface area contributed by atoms with Crippen LogP contribution in [0.2, 0.25) is 0 Å². The van der Waals surface area contributed by atoms with Crippen LogP contribution in [0.1, 0.15) is 37.7 Å². The van der Waals surface area contributed by atoms with Crippen LogP contribution in [0.4, 0.5) is 10.1 Å². The molecule has 148 valence electrons. The van der Waals surface area contributed by atoms with Crippen LogP contribution in [-0.2, 0) is 16.0 Å². The van der Waals surface area contributed by atoms with Gasteiger partial charge in [0.2, 0.25) is 5.91 Å². The van der Waals surface area contributed by atoms with Crippen LogP contribution in [0.5, 0.6) is 5.75 Å². The Morgan fingerprint density at radius 3 is 2.54 bits per heavy atom. The van der Waals surface area contributed by atoms with E-state index in [0.717, 1.165) is 37.7 Å². The van der Waals surface area contributed by atoms with Crippen molar-refractivity contribution in [3.8, 4) is 5.75 Å². The van der Waals surface area contributed by atoms with Crippen LogP contribution in [0.3, 0.4) is 0 Å². The van der Waals surface area contributed by atoms with E-state index in [-0.39, 0.29) is 18.3 Å². The molecule has 3 N–H and O–H groups in total. The number of primary amides is 1. The van der Waals surface area contributed by atoms with Crippen molar-refractivity contribution in [3.63, 3.8) is 0 Å². The van der Waals surface area contributed by atoms with Gasteiger partial charge in [0.05, 0.1) is 5.41 Å². The number of amides is 2. The summed E-state index contributed by atoms with van der Waals surface area (Å²) in [5.41, 5.74) is 5.96. The van der Waals surface area contributed by atoms with Crippen LogP contribution < -0.4 is 15.8 Å². The fourth-order valence-corrected chi connectivity index (χ4v) is 3.83. The van der Waals surface area contributed by atoms with Crippen molar-refractivity contribution in [2.24, 2.45) is 11.1 Å². The lowest BCUT2D eigenvalue weighted by Gasteiger charge is -2.36. The highest BCUT2D eigenvalue weighted by Crippen LogP contribution is 2.40. The molecule has 1 saturated carbocycles. The van der Waals surface area contributed by atoms with Gasteiger partial charge in [0, 0.05) is 11.8 Å². The molecule has 3 rings (SSSR count). The van der Waals surface area contributed by atoms with Crippen LogP contribution in [0, 0.1) is 11.2 Å². The Kier molecular flexibility index (Phi) is 6.29. The lowest BCUT2D eigenvalue weighted by atomic mass is 9.69. The van der Waals surface area contributed by atoms with Crippen LogP contribution in [-0.4, -0.2) is 18.4 Å². The van der Waals surface area contributed by atoms with Crippen LogP contribution in [0.25, 0.3) is 0 Å². The van der Waals surface area contributed by atoms with Gasteiger partial charge in [-0.2, -0.15) is 0 Å². The van der Waals surface area contributed by atoms with Crippen molar-refractivity contribution in [2.75, 3.05) is 11.9 Å². The highest BCUT2D eigenvalue weighted by molar-refractivity contribution is 5.95. The normalized spacial score (nSPS) is 15.6. The molecule has 1 fully saturated rings. The van der Waals surface area contributed by atoms with Crippen molar-refractivity contribution >= 4 is 17.5 Å². The highest BCUT2D eigenvalue weighted by atomic mass is 19.1. The number of hydrogen-bond acceptors (Lipinski definition) is 3. The topological polar surface area (TPSA) is 81.4 Å². The maximum absolute atomic E-state index is 13.6. The van der Waals surface area contributed by atoms with Gasteiger partial charge in [0.15, 0.2) is 6.61 Å². The smallest absolute Gasteiger partial charge is 0.255 e. The number of anilines is 1. The molecule has 0 bridgehead atoms. The summed E-state index contributed by atoms with van der Waals surface area (Å²) in [7, 11) is 0. The molecule has 0 radical (unpaired) electrons. The summed E-state index contributed by atoms with van der Waals surface area (Å²) < 4.78 is 18.9. The number of carbonyl (C=O) groups excluding carboxylic acids is 2. The minimum absolute atomic E-state index is 0.0662. The predicted octanol–water partition coefficient (Wildman–Crippen LogP) is 3.82. The third-order valence-corrected chi connectivity index (χ3v) is 5.20. The number of hydrogen-bond donors (Lipinski definition) is 2. The van der Waals surface area contributed by atoms with Crippen molar-refractivity contribution < 1.29 is 18.7 Å². The maximum Gasteiger partial charge on any atom is 0.255 e. The number of rotatable bonds is 7. The lowest BCUT2D eigenvalue weighted by Crippen LogP contribution is -2.40. The molecule has 0 aliphatic heterocycles. The molecule has 2 aromatic carbocycles. The fourth-order valence-electron chi connectivity index (χ4n) is 3.83. The summed E-state index contributed by atoms with van der Waals surface area (Å²) in [4.78, 5) is 24.1. The Balaban J connectivity index is 1.76. The predicted molar refractivity (Wildman–Crippen MR) is 105 cm³/mol. The first-order valence-electron chi connectivity index (χ1n) is 9.54. The van der Waals surface area contributed by atoms with E-state index >= 15 is 0 Å². The van der Waals surface area contributed by atoms with Crippen molar-refractivity contribution in [1.82, 2.24) is 0 Å². The minimum atomic E-state index is -0.564. The largest absolute Gasteiger partial charge is 0.484 e. The molecule has 1 aliphatic rings. The third-order valence-electron chi connectivity index (χ3n) is 5.20. The summed E-state index contributed by atoms with van der Waals surface area (Å²) in [5, 5.41) is 2.99. The maximum atomic E-state index is 13.6. The Morgan fingerprint density at radius 2 is 1.82 bits per heavy atom. The van der Waals surface area contributed by atoms with E-state index in [4.69, 9.17) is 10.5 Å². The zero-order valence-electron chi connectivity index (χ0n) is 15.7. The summed E-state index contributed by atoms with van der Waals surface area (Å²) in [5.74, 6) is -0.461. The molecule has 6 heteroatoms. The molecule has 0 atom stereocenters. The average Bonchev–Trinajstić information content (AvgIpc) is 2.67. The van der Waals surface area contributed by atoms with Crippen LogP contribution in [0.15, 0.2) is 48.5 Å². The van der Waals surface area contributed by atoms with E-state index in [1.54, 1.807) is 30.3 Å². The van der Waals surface area contributed by atoms with Gasteiger partial charge in [-0.1, -0.05) is 37.5 Å². The van der Waals surface area contributed by atoms with Crippen LogP contribution >= 0.6 is 0 Å². The van der Waals surface area contributed by atoms with Gasteiger partial charge in [-0.05, 0) is 49.1 Å². The molecule has 0 spiro atoms. The zero-order valence-corrected chi connectivity index (χ0v) is 15.7. The van der Waals surface area contributed by atoms with E-state index in [1.165, 1.54) is 12.1 Å². The molecule has 0 unspecified atom stereocenters. The second kappa shape index (κ2) is 8.87. The molecule has 28 heavy (non-hydrogen) atoms. The lowest BCUT2D eigenvalue weighted by molar-refractivity contribution is -0.127. The Morgan fingerprint density at radius 1 is 1.07 bits per heavy atom. The number of halogens is 1. The molecular formula is C22H25FN2O3. The van der Waals surface area contributed by atoms with Gasteiger partial charge >= 0.3 is 0 Å². The average molecular weight is 384 g/mol. The Bertz CT molecular complexity index is 847. The third kappa shape index (κ3) is 5.09. The van der Waals surface area contributed by atoms with E-state index in [0.29, 0.717) is 17.9 Å². The number of ether oxygens (including phenoxy) is 1. The van der Waals surface area contributed by atoms with Gasteiger partial charge < -0.3 is 15.8 Å². The van der Waals surface area contributed by atoms with Crippen molar-refractivity contribution in [1.29, 1.82) is 0 Å². The minimum Gasteiger partial charge on any atom is -0.484 e. The first kappa shape index (κ1) is 19.9. The molecule has 2 aromatic rings. The number of benzene rings is 2. The zero-order chi connectivity index (χ0) is 20.0. The first-order chi connectivity index (χ1) is 13.5. The molecular weight excluding hydrogens is 359 g/mol. The Hall–Kier alpha value is -2.89. The number of nitrogens with one attached hydrogen (secondary N) is 1. The van der Waals surface area contributed by atoms with E-state index in [9.17, 15) is 14.0 Å². The molecule has 0 aromatic heterocycles. The Labute approximate surface area is 164 Å². The summed E-state index contributed by atoms with van der Waals surface area (Å²) in [6.45, 7) is -0.221. The molecule has 1 aliphatic carbocycles. The first-order valence-corrected chi connectivity index (χ1v) is 9.54. The molecule has 5 nitrogen and oxygen atoms in total. The summed E-state index contributed by atoms with van der Waals surface area (Å²) in [6.07, 6.45) is 5.11. The monoisotopic (exact) mass is 384 g/mol. The second-order valence-electron chi connectivity index (χ2n) is 7.38. The van der Waals surface area contributed by atoms with Crippen molar-refractivity contribution in [2.45, 2.75) is 38.5 Å². The fraction of sp³-hybridized carbons (Fsp3) is 0.364. The number of carbonyl (C=O) groups is 2. The van der Waals surface area contributed by atoms with Gasteiger partial charge in [-0.3, -0.25) is 9.59 Å².